The molecule has 0 amide bonds. The molecule has 0 aliphatic heterocycles. The lowest BCUT2D eigenvalue weighted by molar-refractivity contribution is 0.628. The molecule has 3 nitrogen and oxygen atoms in total. The predicted octanol–water partition coefficient (Wildman–Crippen LogP) is 2.46. The first-order chi connectivity index (χ1) is 7.09. The van der Waals surface area contributed by atoms with Gasteiger partial charge in [0.15, 0.2) is 5.82 Å². The minimum atomic E-state index is -0.316. The van der Waals surface area contributed by atoms with Gasteiger partial charge in [0.25, 0.3) is 0 Å². The van der Waals surface area contributed by atoms with Crippen molar-refractivity contribution in [3.05, 3.63) is 35.1 Å². The van der Waals surface area contributed by atoms with Crippen LogP contribution in [-0.2, 0) is 7.05 Å². The summed E-state index contributed by atoms with van der Waals surface area (Å²) in [6, 6.07) is 6.13. The van der Waals surface area contributed by atoms with Gasteiger partial charge in [-0.15, -0.1) is 0 Å². The van der Waals surface area contributed by atoms with Crippen LogP contribution in [0, 0.1) is 5.82 Å². The number of nitrogen functional groups attached to an aromatic ring is 1. The van der Waals surface area contributed by atoms with E-state index in [1.54, 1.807) is 19.2 Å². The number of rotatable bonds is 1. The fraction of sp³-hybridized carbons (Fsp3) is 0.100. The number of anilines is 1. The van der Waals surface area contributed by atoms with Gasteiger partial charge in [0.2, 0.25) is 0 Å². The van der Waals surface area contributed by atoms with Gasteiger partial charge in [0.05, 0.1) is 5.69 Å². The van der Waals surface area contributed by atoms with Crippen molar-refractivity contribution >= 4 is 17.4 Å². The Kier molecular flexibility index (Phi) is 2.36. The summed E-state index contributed by atoms with van der Waals surface area (Å²) in [7, 11) is 1.71. The van der Waals surface area contributed by atoms with Crippen molar-refractivity contribution < 1.29 is 4.39 Å². The van der Waals surface area contributed by atoms with Crippen molar-refractivity contribution in [2.24, 2.45) is 7.05 Å². The van der Waals surface area contributed by atoms with Gasteiger partial charge < -0.3 is 5.73 Å². The van der Waals surface area contributed by atoms with Crippen LogP contribution in [0.15, 0.2) is 24.3 Å². The third-order valence-corrected chi connectivity index (χ3v) is 2.48. The van der Waals surface area contributed by atoms with E-state index in [-0.39, 0.29) is 11.6 Å². The maximum Gasteiger partial charge on any atom is 0.164 e. The zero-order valence-electron chi connectivity index (χ0n) is 8.04. The number of hydrogen-bond acceptors (Lipinski definition) is 2. The van der Waals surface area contributed by atoms with Crippen molar-refractivity contribution in [3.8, 4) is 11.3 Å². The van der Waals surface area contributed by atoms with E-state index in [9.17, 15) is 4.39 Å². The zero-order chi connectivity index (χ0) is 11.0. The lowest BCUT2D eigenvalue weighted by Gasteiger charge is -2.02. The predicted molar refractivity (Wildman–Crippen MR) is 58.0 cm³/mol. The quantitative estimate of drug-likeness (QED) is 0.810. The fourth-order valence-corrected chi connectivity index (χ4v) is 1.74. The molecule has 1 aromatic heterocycles. The van der Waals surface area contributed by atoms with Crippen LogP contribution in [0.2, 0.25) is 5.02 Å². The molecule has 0 saturated carbocycles. The monoisotopic (exact) mass is 225 g/mol. The zero-order valence-corrected chi connectivity index (χ0v) is 8.79. The smallest absolute Gasteiger partial charge is 0.164 e. The lowest BCUT2D eigenvalue weighted by atomic mass is 10.1. The molecule has 5 heteroatoms. The van der Waals surface area contributed by atoms with Gasteiger partial charge in [-0.05, 0) is 12.1 Å². The van der Waals surface area contributed by atoms with Gasteiger partial charge in [-0.1, -0.05) is 23.7 Å². The Balaban J connectivity index is 2.63. The van der Waals surface area contributed by atoms with Crippen molar-refractivity contribution in [1.29, 1.82) is 0 Å². The first-order valence-electron chi connectivity index (χ1n) is 4.33. The van der Waals surface area contributed by atoms with Crippen LogP contribution in [0.5, 0.6) is 0 Å². The third kappa shape index (κ3) is 1.68. The second kappa shape index (κ2) is 3.55. The van der Waals surface area contributed by atoms with Crippen LogP contribution in [0.3, 0.4) is 0 Å². The number of aromatic nitrogens is 2. The molecule has 2 rings (SSSR count). The Morgan fingerprint density at radius 1 is 1.47 bits per heavy atom. The number of aryl methyl sites for hydroxylation is 1. The SMILES string of the molecule is Cn1nc(N)c(Cl)c1-c1cccc(F)c1. The minimum absolute atomic E-state index is 0.249. The van der Waals surface area contributed by atoms with Gasteiger partial charge in [-0.2, -0.15) is 5.10 Å². The summed E-state index contributed by atoms with van der Waals surface area (Å²) in [6.07, 6.45) is 0. The van der Waals surface area contributed by atoms with E-state index in [1.165, 1.54) is 16.8 Å². The highest BCUT2D eigenvalue weighted by Crippen LogP contribution is 2.31. The average molecular weight is 226 g/mol. The van der Waals surface area contributed by atoms with Crippen LogP contribution >= 0.6 is 11.6 Å². The van der Waals surface area contributed by atoms with E-state index >= 15 is 0 Å². The molecule has 0 radical (unpaired) electrons. The van der Waals surface area contributed by atoms with Crippen LogP contribution in [-0.4, -0.2) is 9.78 Å². The number of hydrogen-bond donors (Lipinski definition) is 1. The van der Waals surface area contributed by atoms with E-state index in [2.05, 4.69) is 5.10 Å². The van der Waals surface area contributed by atoms with Crippen molar-refractivity contribution in [1.82, 2.24) is 9.78 Å². The number of nitrogens with two attached hydrogens (primary N) is 1. The minimum Gasteiger partial charge on any atom is -0.381 e. The second-order valence-corrected chi connectivity index (χ2v) is 3.56. The Morgan fingerprint density at radius 3 is 2.73 bits per heavy atom. The number of benzene rings is 1. The van der Waals surface area contributed by atoms with E-state index in [1.807, 2.05) is 0 Å². The molecule has 1 aromatic carbocycles. The van der Waals surface area contributed by atoms with Gasteiger partial charge >= 0.3 is 0 Å². The van der Waals surface area contributed by atoms with Crippen LogP contribution in [0.4, 0.5) is 10.2 Å². The molecule has 0 bridgehead atoms. The normalized spacial score (nSPS) is 10.6. The summed E-state index contributed by atoms with van der Waals surface area (Å²) in [5.41, 5.74) is 6.84. The molecule has 0 spiro atoms. The van der Waals surface area contributed by atoms with Gasteiger partial charge in [-0.25, -0.2) is 4.39 Å². The summed E-state index contributed by atoms with van der Waals surface area (Å²) in [4.78, 5) is 0. The van der Waals surface area contributed by atoms with Crippen molar-refractivity contribution in [2.75, 3.05) is 5.73 Å². The lowest BCUT2D eigenvalue weighted by Crippen LogP contribution is -1.94. The van der Waals surface area contributed by atoms with Gasteiger partial charge in [0, 0.05) is 12.6 Å². The fourth-order valence-electron chi connectivity index (χ4n) is 1.47. The molecule has 15 heavy (non-hydrogen) atoms. The molecule has 2 aromatic rings. The molecular weight excluding hydrogens is 217 g/mol. The first kappa shape index (κ1) is 9.98. The van der Waals surface area contributed by atoms with Gasteiger partial charge in [-0.3, -0.25) is 4.68 Å². The third-order valence-electron chi connectivity index (χ3n) is 2.11. The molecule has 0 aliphatic rings. The van der Waals surface area contributed by atoms with Crippen LogP contribution < -0.4 is 5.73 Å². The molecule has 1 heterocycles. The van der Waals surface area contributed by atoms with Crippen LogP contribution in [0.1, 0.15) is 0 Å². The standard InChI is InChI=1S/C10H9ClFN3/c1-15-9(8(11)10(13)14-15)6-3-2-4-7(12)5-6/h2-5H,1H3,(H2,13,14). The highest BCUT2D eigenvalue weighted by atomic mass is 35.5. The molecule has 0 fully saturated rings. The van der Waals surface area contributed by atoms with E-state index < -0.39 is 0 Å². The topological polar surface area (TPSA) is 43.8 Å². The van der Waals surface area contributed by atoms with Gasteiger partial charge in [0.1, 0.15) is 10.8 Å². The summed E-state index contributed by atoms with van der Waals surface area (Å²) >= 11 is 5.97. The van der Waals surface area contributed by atoms with Crippen LogP contribution in [0.25, 0.3) is 11.3 Å². The van der Waals surface area contributed by atoms with E-state index in [4.69, 9.17) is 17.3 Å². The summed E-state index contributed by atoms with van der Waals surface area (Å²) in [5.74, 6) is -0.0678. The summed E-state index contributed by atoms with van der Waals surface area (Å²) < 4.78 is 14.6. The highest BCUT2D eigenvalue weighted by Gasteiger charge is 2.13. The number of nitrogens with zero attached hydrogens (tertiary/aromatic N) is 2. The Bertz CT molecular complexity index is 507. The second-order valence-electron chi connectivity index (χ2n) is 3.18. The largest absolute Gasteiger partial charge is 0.381 e. The maximum absolute atomic E-state index is 13.0. The maximum atomic E-state index is 13.0. The Morgan fingerprint density at radius 2 is 2.20 bits per heavy atom. The Labute approximate surface area is 91.3 Å². The van der Waals surface area contributed by atoms with Crippen molar-refractivity contribution in [3.63, 3.8) is 0 Å². The molecule has 0 atom stereocenters. The highest BCUT2D eigenvalue weighted by molar-refractivity contribution is 6.35. The molecule has 0 unspecified atom stereocenters. The first-order valence-corrected chi connectivity index (χ1v) is 4.71. The van der Waals surface area contributed by atoms with E-state index in [0.29, 0.717) is 16.3 Å². The van der Waals surface area contributed by atoms with E-state index in [0.717, 1.165) is 0 Å². The summed E-state index contributed by atoms with van der Waals surface area (Å²) in [5, 5.41) is 4.31. The Hall–Kier alpha value is -1.55. The summed E-state index contributed by atoms with van der Waals surface area (Å²) in [6.45, 7) is 0. The van der Waals surface area contributed by atoms with Crippen molar-refractivity contribution in [2.45, 2.75) is 0 Å². The molecule has 2 N–H and O–H groups in total. The molecule has 0 aliphatic carbocycles. The average Bonchev–Trinajstić information content (AvgIpc) is 2.41. The number of halogens is 2. The molecular formula is C10H9ClFN3. The molecule has 78 valence electrons. The molecule has 0 saturated heterocycles.